The van der Waals surface area contributed by atoms with E-state index >= 15 is 0 Å². The van der Waals surface area contributed by atoms with Crippen molar-refractivity contribution in [2.45, 2.75) is 92.2 Å². The number of hydrogen-bond acceptors (Lipinski definition) is 12. The zero-order chi connectivity index (χ0) is 39.2. The van der Waals surface area contributed by atoms with Gasteiger partial charge in [-0.3, -0.25) is 38.8 Å². The first-order chi connectivity index (χ1) is 24.7. The molecule has 1 N–H and O–H groups in total. The summed E-state index contributed by atoms with van der Waals surface area (Å²) in [5, 5.41) is 2.95. The number of benzene rings is 1. The van der Waals surface area contributed by atoms with Crippen LogP contribution < -0.4 is 5.32 Å². The highest BCUT2D eigenvalue weighted by atomic mass is 16.6. The SMILES string of the molecule is CC(C)(C)OC(=O)CN1CCN(CC(=O)OC(C)(C)C)CCN(Cc2cccc(C(=O)NCc3ccccc3)n2)CCN(CC(=O)OC(C)(C)C)CC1. The predicted molar refractivity (Wildman–Crippen MR) is 204 cm³/mol. The summed E-state index contributed by atoms with van der Waals surface area (Å²) < 4.78 is 17.0. The molecule has 1 aromatic heterocycles. The summed E-state index contributed by atoms with van der Waals surface area (Å²) in [6, 6.07) is 15.1. The molecule has 0 aliphatic carbocycles. The minimum Gasteiger partial charge on any atom is -0.459 e. The molecular weight excluding hydrogens is 676 g/mol. The number of ether oxygens (including phenoxy) is 3. The minimum atomic E-state index is -0.626. The van der Waals surface area contributed by atoms with Gasteiger partial charge in [0.25, 0.3) is 5.91 Å². The van der Waals surface area contributed by atoms with Crippen LogP contribution >= 0.6 is 0 Å². The maximum absolute atomic E-state index is 13.0. The second kappa shape index (κ2) is 20.0. The zero-order valence-corrected chi connectivity index (χ0v) is 33.4. The summed E-state index contributed by atoms with van der Waals surface area (Å²) in [6.45, 7) is 21.9. The molecule has 1 amide bonds. The lowest BCUT2D eigenvalue weighted by atomic mass is 10.2. The number of esters is 3. The van der Waals surface area contributed by atoms with Gasteiger partial charge >= 0.3 is 17.9 Å². The first kappa shape index (κ1) is 43.5. The van der Waals surface area contributed by atoms with E-state index in [0.717, 1.165) is 11.3 Å². The summed E-state index contributed by atoms with van der Waals surface area (Å²) in [4.78, 5) is 65.1. The molecule has 0 unspecified atom stereocenters. The standard InChI is InChI=1S/C40H62N6O7/c1-38(2,3)51-34(47)28-44-20-18-43(27-32-16-13-17-33(42-32)37(50)41-26-31-14-11-10-12-15-31)19-21-45(29-35(48)52-39(4,5)6)23-25-46(24-22-44)30-36(49)53-40(7,8)9/h10-17H,18-30H2,1-9H3,(H,41,50). The van der Waals surface area contributed by atoms with Crippen molar-refractivity contribution in [2.75, 3.05) is 72.0 Å². The maximum atomic E-state index is 13.0. The van der Waals surface area contributed by atoms with E-state index < -0.39 is 16.8 Å². The molecule has 1 aromatic carbocycles. The van der Waals surface area contributed by atoms with Crippen molar-refractivity contribution in [3.8, 4) is 0 Å². The second-order valence-corrected chi connectivity index (χ2v) is 16.5. The summed E-state index contributed by atoms with van der Waals surface area (Å²) in [5.41, 5.74) is 0.177. The number of nitrogens with zero attached hydrogens (tertiary/aromatic N) is 5. The number of rotatable bonds is 11. The number of pyridine rings is 1. The third kappa shape index (κ3) is 18.6. The Bertz CT molecular complexity index is 1440. The van der Waals surface area contributed by atoms with Gasteiger partial charge < -0.3 is 19.5 Å². The summed E-state index contributed by atoms with van der Waals surface area (Å²) in [6.07, 6.45) is 0. The van der Waals surface area contributed by atoms with Gasteiger partial charge in [0.05, 0.1) is 25.3 Å². The molecule has 1 saturated heterocycles. The first-order valence-corrected chi connectivity index (χ1v) is 18.6. The molecule has 3 rings (SSSR count). The van der Waals surface area contributed by atoms with Gasteiger partial charge in [-0.25, -0.2) is 4.98 Å². The van der Waals surface area contributed by atoms with Crippen molar-refractivity contribution >= 4 is 23.8 Å². The first-order valence-electron chi connectivity index (χ1n) is 18.6. The van der Waals surface area contributed by atoms with Crippen LogP contribution in [0.1, 0.15) is 84.1 Å². The summed E-state index contributed by atoms with van der Waals surface area (Å²) in [7, 11) is 0. The molecule has 13 heteroatoms. The Morgan fingerprint density at radius 2 is 0.962 bits per heavy atom. The molecule has 0 saturated carbocycles. The molecule has 0 radical (unpaired) electrons. The smallest absolute Gasteiger partial charge is 0.320 e. The monoisotopic (exact) mass is 738 g/mol. The average Bonchev–Trinajstić information content (AvgIpc) is 3.02. The van der Waals surface area contributed by atoms with Crippen molar-refractivity contribution in [2.24, 2.45) is 0 Å². The van der Waals surface area contributed by atoms with Gasteiger partial charge in [0, 0.05) is 65.4 Å². The molecule has 2 aromatic rings. The Morgan fingerprint density at radius 3 is 1.36 bits per heavy atom. The number of carbonyl (C=O) groups is 4. The van der Waals surface area contributed by atoms with Gasteiger partial charge in [-0.05, 0) is 80.0 Å². The third-order valence-corrected chi connectivity index (χ3v) is 7.97. The van der Waals surface area contributed by atoms with Crippen molar-refractivity contribution < 1.29 is 33.4 Å². The fraction of sp³-hybridized carbons (Fsp3) is 0.625. The molecule has 0 bridgehead atoms. The average molecular weight is 739 g/mol. The predicted octanol–water partition coefficient (Wildman–Crippen LogP) is 3.76. The van der Waals surface area contributed by atoms with Gasteiger partial charge in [0.15, 0.2) is 0 Å². The van der Waals surface area contributed by atoms with Gasteiger partial charge in [0.1, 0.15) is 22.5 Å². The van der Waals surface area contributed by atoms with Gasteiger partial charge in [-0.1, -0.05) is 36.4 Å². The van der Waals surface area contributed by atoms with E-state index in [1.807, 2.05) is 119 Å². The van der Waals surface area contributed by atoms with E-state index in [9.17, 15) is 19.2 Å². The van der Waals surface area contributed by atoms with E-state index in [-0.39, 0.29) is 43.4 Å². The van der Waals surface area contributed by atoms with Crippen molar-refractivity contribution in [3.05, 3.63) is 65.5 Å². The van der Waals surface area contributed by atoms with Crippen LogP contribution in [0.5, 0.6) is 0 Å². The summed E-state index contributed by atoms with van der Waals surface area (Å²) >= 11 is 0. The minimum absolute atomic E-state index is 0.0743. The van der Waals surface area contributed by atoms with Crippen LogP contribution in [-0.2, 0) is 41.7 Å². The van der Waals surface area contributed by atoms with Crippen molar-refractivity contribution in [1.82, 2.24) is 29.9 Å². The molecule has 1 aliphatic rings. The zero-order valence-electron chi connectivity index (χ0n) is 33.4. The molecule has 53 heavy (non-hydrogen) atoms. The van der Waals surface area contributed by atoms with E-state index in [1.165, 1.54) is 0 Å². The van der Waals surface area contributed by atoms with Gasteiger partial charge in [0.2, 0.25) is 0 Å². The number of hydrogen-bond donors (Lipinski definition) is 1. The number of nitrogens with one attached hydrogen (secondary N) is 1. The maximum Gasteiger partial charge on any atom is 0.320 e. The quantitative estimate of drug-likeness (QED) is 0.266. The van der Waals surface area contributed by atoms with Crippen LogP contribution in [-0.4, -0.2) is 137 Å². The van der Waals surface area contributed by atoms with Crippen LogP contribution in [0.3, 0.4) is 0 Å². The lowest BCUT2D eigenvalue weighted by Gasteiger charge is -2.34. The molecular formula is C40H62N6O7. The van der Waals surface area contributed by atoms with Crippen LogP contribution in [0.15, 0.2) is 48.5 Å². The molecule has 1 aliphatic heterocycles. The van der Waals surface area contributed by atoms with E-state index in [1.54, 1.807) is 6.07 Å². The van der Waals surface area contributed by atoms with E-state index in [4.69, 9.17) is 19.2 Å². The number of carbonyl (C=O) groups excluding carboxylic acids is 4. The highest BCUT2D eigenvalue weighted by Gasteiger charge is 2.26. The normalized spacial score (nSPS) is 16.5. The molecule has 0 atom stereocenters. The second-order valence-electron chi connectivity index (χ2n) is 16.5. The van der Waals surface area contributed by atoms with Crippen LogP contribution in [0.25, 0.3) is 0 Å². The van der Waals surface area contributed by atoms with Crippen LogP contribution in [0.2, 0.25) is 0 Å². The molecule has 1 fully saturated rings. The number of amides is 1. The van der Waals surface area contributed by atoms with Crippen LogP contribution in [0.4, 0.5) is 0 Å². The van der Waals surface area contributed by atoms with Gasteiger partial charge in [-0.2, -0.15) is 0 Å². The third-order valence-electron chi connectivity index (χ3n) is 7.97. The lowest BCUT2D eigenvalue weighted by molar-refractivity contribution is -0.158. The molecule has 0 spiro atoms. The van der Waals surface area contributed by atoms with E-state index in [2.05, 4.69) is 10.2 Å². The molecule has 2 heterocycles. The van der Waals surface area contributed by atoms with Crippen molar-refractivity contribution in [1.29, 1.82) is 0 Å². The fourth-order valence-corrected chi connectivity index (χ4v) is 5.67. The Morgan fingerprint density at radius 1 is 0.566 bits per heavy atom. The highest BCUT2D eigenvalue weighted by molar-refractivity contribution is 5.92. The number of aromatic nitrogens is 1. The van der Waals surface area contributed by atoms with E-state index in [0.29, 0.717) is 71.1 Å². The highest BCUT2D eigenvalue weighted by Crippen LogP contribution is 2.13. The van der Waals surface area contributed by atoms with Gasteiger partial charge in [-0.15, -0.1) is 0 Å². The van der Waals surface area contributed by atoms with Crippen LogP contribution in [0, 0.1) is 0 Å². The summed E-state index contributed by atoms with van der Waals surface area (Å²) in [5.74, 6) is -1.24. The Hall–Kier alpha value is -3.91. The Balaban J connectivity index is 1.83. The topological polar surface area (TPSA) is 134 Å². The fourth-order valence-electron chi connectivity index (χ4n) is 5.67. The lowest BCUT2D eigenvalue weighted by Crippen LogP contribution is -2.49. The molecule has 13 nitrogen and oxygen atoms in total. The molecule has 294 valence electrons. The largest absolute Gasteiger partial charge is 0.459 e. The Kier molecular flexibility index (Phi) is 16.4. The van der Waals surface area contributed by atoms with Crippen molar-refractivity contribution in [3.63, 3.8) is 0 Å². The Labute approximate surface area is 316 Å².